The summed E-state index contributed by atoms with van der Waals surface area (Å²) in [6, 6.07) is 10.1. The lowest BCUT2D eigenvalue weighted by Crippen LogP contribution is -2.36. The summed E-state index contributed by atoms with van der Waals surface area (Å²) in [6.07, 6.45) is 1.73. The van der Waals surface area contributed by atoms with Crippen LogP contribution in [0.3, 0.4) is 0 Å². The predicted octanol–water partition coefficient (Wildman–Crippen LogP) is 2.45. The summed E-state index contributed by atoms with van der Waals surface area (Å²) in [5.41, 5.74) is 8.02. The molecule has 0 aliphatic rings. The summed E-state index contributed by atoms with van der Waals surface area (Å²) in [5.74, 6) is -0.217. The average molecular weight is 313 g/mol. The van der Waals surface area contributed by atoms with E-state index in [1.54, 1.807) is 12.3 Å². The molecule has 1 heterocycles. The van der Waals surface area contributed by atoms with Gasteiger partial charge in [-0.25, -0.2) is 0 Å². The molecule has 0 fully saturated rings. The number of hydrogen-bond donors (Lipinski definition) is 2. The Bertz CT molecular complexity index is 733. The van der Waals surface area contributed by atoms with E-state index in [9.17, 15) is 9.59 Å². The Hall–Kier alpha value is -2.40. The van der Waals surface area contributed by atoms with Crippen LogP contribution in [0.15, 0.2) is 47.4 Å². The zero-order valence-corrected chi connectivity index (χ0v) is 13.7. The maximum Gasteiger partial charge on any atom is 0.251 e. The fourth-order valence-electron chi connectivity index (χ4n) is 2.52. The van der Waals surface area contributed by atoms with Crippen LogP contribution < -0.4 is 16.6 Å². The van der Waals surface area contributed by atoms with Crippen LogP contribution in [0.5, 0.6) is 0 Å². The van der Waals surface area contributed by atoms with E-state index in [0.717, 1.165) is 11.1 Å². The number of benzene rings is 1. The van der Waals surface area contributed by atoms with Crippen molar-refractivity contribution in [1.82, 2.24) is 4.57 Å². The zero-order chi connectivity index (χ0) is 17.0. The zero-order valence-electron chi connectivity index (χ0n) is 13.7. The Morgan fingerprint density at radius 3 is 2.39 bits per heavy atom. The van der Waals surface area contributed by atoms with Crippen LogP contribution in [-0.4, -0.2) is 10.5 Å². The summed E-state index contributed by atoms with van der Waals surface area (Å²) < 4.78 is 1.50. The molecule has 1 atom stereocenters. The molecule has 1 amide bonds. The third-order valence-corrected chi connectivity index (χ3v) is 3.74. The number of anilines is 1. The Balaban J connectivity index is 2.28. The van der Waals surface area contributed by atoms with E-state index in [1.807, 2.05) is 45.0 Å². The largest absolute Gasteiger partial charge is 0.326 e. The fraction of sp³-hybridized carbons (Fsp3) is 0.333. The van der Waals surface area contributed by atoms with Crippen molar-refractivity contribution in [1.29, 1.82) is 0 Å². The first-order valence-electron chi connectivity index (χ1n) is 7.71. The number of rotatable bonds is 5. The fourth-order valence-corrected chi connectivity index (χ4v) is 2.52. The minimum absolute atomic E-state index is 0.0159. The lowest BCUT2D eigenvalue weighted by Gasteiger charge is -2.23. The van der Waals surface area contributed by atoms with E-state index >= 15 is 0 Å². The molecule has 5 nitrogen and oxygen atoms in total. The van der Waals surface area contributed by atoms with Gasteiger partial charge < -0.3 is 15.6 Å². The van der Waals surface area contributed by atoms with Crippen molar-refractivity contribution in [2.24, 2.45) is 11.7 Å². The second-order valence-corrected chi connectivity index (χ2v) is 6.03. The maximum absolute atomic E-state index is 12.7. The van der Waals surface area contributed by atoms with Crippen LogP contribution in [0.4, 0.5) is 5.69 Å². The van der Waals surface area contributed by atoms with Crippen molar-refractivity contribution in [2.45, 2.75) is 33.4 Å². The lowest BCUT2D eigenvalue weighted by atomic mass is 10.0. The smallest absolute Gasteiger partial charge is 0.251 e. The molecule has 2 rings (SSSR count). The standard InChI is InChI=1S/C18H23N3O2/c1-12(2)17(21-11-13(3)4-9-16(21)22)18(23)20-15-7-5-14(10-19)6-8-15/h4-9,11-12,17H,10,19H2,1-3H3,(H,20,23). The minimum Gasteiger partial charge on any atom is -0.326 e. The summed E-state index contributed by atoms with van der Waals surface area (Å²) >= 11 is 0. The molecule has 122 valence electrons. The third-order valence-electron chi connectivity index (χ3n) is 3.74. The van der Waals surface area contributed by atoms with Gasteiger partial charge >= 0.3 is 0 Å². The number of hydrogen-bond acceptors (Lipinski definition) is 3. The molecule has 1 unspecified atom stereocenters. The average Bonchev–Trinajstić information content (AvgIpc) is 2.51. The molecule has 1 aromatic heterocycles. The third kappa shape index (κ3) is 4.07. The number of nitrogens with one attached hydrogen (secondary N) is 1. The van der Waals surface area contributed by atoms with Crippen molar-refractivity contribution in [2.75, 3.05) is 5.32 Å². The number of carbonyl (C=O) groups excluding carboxylic acids is 1. The first kappa shape index (κ1) is 17.0. The van der Waals surface area contributed by atoms with Gasteiger partial charge in [0.2, 0.25) is 5.91 Å². The number of nitrogens with zero attached hydrogens (tertiary/aromatic N) is 1. The van der Waals surface area contributed by atoms with Gasteiger partial charge in [0, 0.05) is 24.5 Å². The predicted molar refractivity (Wildman–Crippen MR) is 92.3 cm³/mol. The van der Waals surface area contributed by atoms with Gasteiger partial charge in [0.25, 0.3) is 5.56 Å². The number of aryl methyl sites for hydroxylation is 1. The molecular weight excluding hydrogens is 290 g/mol. The highest BCUT2D eigenvalue weighted by molar-refractivity contribution is 5.93. The Labute approximate surface area is 136 Å². The van der Waals surface area contributed by atoms with Crippen molar-refractivity contribution < 1.29 is 4.79 Å². The van der Waals surface area contributed by atoms with Gasteiger partial charge in [0.15, 0.2) is 0 Å². The van der Waals surface area contributed by atoms with E-state index in [-0.39, 0.29) is 17.4 Å². The van der Waals surface area contributed by atoms with E-state index in [1.165, 1.54) is 10.6 Å². The van der Waals surface area contributed by atoms with Crippen molar-refractivity contribution in [3.05, 3.63) is 64.1 Å². The Morgan fingerprint density at radius 2 is 1.83 bits per heavy atom. The van der Waals surface area contributed by atoms with E-state index in [4.69, 9.17) is 5.73 Å². The molecule has 0 bridgehead atoms. The van der Waals surface area contributed by atoms with Gasteiger partial charge in [0.05, 0.1) is 0 Å². The Kier molecular flexibility index (Phi) is 5.34. The molecule has 2 aromatic rings. The summed E-state index contributed by atoms with van der Waals surface area (Å²) in [5, 5.41) is 2.88. The number of pyridine rings is 1. The van der Waals surface area contributed by atoms with E-state index in [2.05, 4.69) is 5.32 Å². The number of amides is 1. The van der Waals surface area contributed by atoms with Crippen molar-refractivity contribution in [3.8, 4) is 0 Å². The normalized spacial score (nSPS) is 12.2. The van der Waals surface area contributed by atoms with Crippen LogP contribution in [-0.2, 0) is 11.3 Å². The van der Waals surface area contributed by atoms with E-state index < -0.39 is 6.04 Å². The molecule has 0 aliphatic heterocycles. The molecule has 5 heteroatoms. The molecule has 23 heavy (non-hydrogen) atoms. The quantitative estimate of drug-likeness (QED) is 0.890. The Morgan fingerprint density at radius 1 is 1.17 bits per heavy atom. The maximum atomic E-state index is 12.7. The number of aromatic nitrogens is 1. The van der Waals surface area contributed by atoms with Crippen LogP contribution in [0.2, 0.25) is 0 Å². The summed E-state index contributed by atoms with van der Waals surface area (Å²) in [6.45, 7) is 6.21. The van der Waals surface area contributed by atoms with Crippen LogP contribution >= 0.6 is 0 Å². The highest BCUT2D eigenvalue weighted by Crippen LogP contribution is 2.19. The van der Waals surface area contributed by atoms with Crippen LogP contribution in [0.1, 0.15) is 31.0 Å². The highest BCUT2D eigenvalue weighted by atomic mass is 16.2. The monoisotopic (exact) mass is 313 g/mol. The minimum atomic E-state index is -0.559. The molecule has 0 radical (unpaired) electrons. The highest BCUT2D eigenvalue weighted by Gasteiger charge is 2.25. The molecule has 1 aromatic carbocycles. The first-order chi connectivity index (χ1) is 10.9. The van der Waals surface area contributed by atoms with Crippen LogP contribution in [0.25, 0.3) is 0 Å². The summed E-state index contributed by atoms with van der Waals surface area (Å²) in [7, 11) is 0. The molecule has 0 saturated carbocycles. The van der Waals surface area contributed by atoms with Gasteiger partial charge in [0.1, 0.15) is 6.04 Å². The lowest BCUT2D eigenvalue weighted by molar-refractivity contribution is -0.120. The van der Waals surface area contributed by atoms with E-state index in [0.29, 0.717) is 12.2 Å². The SMILES string of the molecule is Cc1ccc(=O)n(C(C(=O)Nc2ccc(CN)cc2)C(C)C)c1. The van der Waals surface area contributed by atoms with Gasteiger partial charge in [-0.15, -0.1) is 0 Å². The number of nitrogens with two attached hydrogens (primary N) is 1. The molecular formula is C18H23N3O2. The number of carbonyl (C=O) groups is 1. The van der Waals surface area contributed by atoms with Gasteiger partial charge in [-0.05, 0) is 36.1 Å². The second-order valence-electron chi connectivity index (χ2n) is 6.03. The second kappa shape index (κ2) is 7.24. The van der Waals surface area contributed by atoms with Crippen LogP contribution in [0, 0.1) is 12.8 Å². The molecule has 3 N–H and O–H groups in total. The van der Waals surface area contributed by atoms with Gasteiger partial charge in [-0.3, -0.25) is 9.59 Å². The molecule has 0 spiro atoms. The topological polar surface area (TPSA) is 77.1 Å². The van der Waals surface area contributed by atoms with Crippen molar-refractivity contribution >= 4 is 11.6 Å². The summed E-state index contributed by atoms with van der Waals surface area (Å²) in [4.78, 5) is 24.8. The van der Waals surface area contributed by atoms with Gasteiger partial charge in [-0.2, -0.15) is 0 Å². The first-order valence-corrected chi connectivity index (χ1v) is 7.71. The molecule has 0 aliphatic carbocycles. The van der Waals surface area contributed by atoms with Crippen molar-refractivity contribution in [3.63, 3.8) is 0 Å². The van der Waals surface area contributed by atoms with Gasteiger partial charge in [-0.1, -0.05) is 32.0 Å². The molecule has 0 saturated heterocycles.